The van der Waals surface area contributed by atoms with Gasteiger partial charge in [0.2, 0.25) is 0 Å². The Morgan fingerprint density at radius 3 is 1.10 bits per heavy atom. The van der Waals surface area contributed by atoms with Crippen molar-refractivity contribution in [3.63, 3.8) is 0 Å². The van der Waals surface area contributed by atoms with Gasteiger partial charge in [0.25, 0.3) is 0 Å². The Bertz CT molecular complexity index is 425. The molecule has 2 bridgehead atoms. The first-order valence-electron chi connectivity index (χ1n) is 5.32. The summed E-state index contributed by atoms with van der Waals surface area (Å²) in [5.41, 5.74) is 0. The largest absolute Gasteiger partial charge is 0.353 e. The van der Waals surface area contributed by atoms with E-state index in [1.807, 2.05) is 0 Å². The van der Waals surface area contributed by atoms with Crippen molar-refractivity contribution in [2.75, 3.05) is 13.1 Å². The normalized spacial score (nSPS) is 27.2. The van der Waals surface area contributed by atoms with E-state index in [4.69, 9.17) is 0 Å². The van der Waals surface area contributed by atoms with Crippen LogP contribution in [0, 0.1) is 0 Å². The van der Waals surface area contributed by atoms with E-state index in [1.54, 1.807) is 0 Å². The zero-order valence-corrected chi connectivity index (χ0v) is 9.88. The maximum Gasteiger partial charge on any atom is 0.353 e. The third-order valence-corrected chi connectivity index (χ3v) is 1.94. The fourth-order valence-electron chi connectivity index (χ4n) is 1.18. The highest BCUT2D eigenvalue weighted by Crippen LogP contribution is 2.05. The van der Waals surface area contributed by atoms with Crippen LogP contribution >= 0.6 is 0 Å². The molecule has 0 saturated carbocycles. The van der Waals surface area contributed by atoms with Gasteiger partial charge in [-0.25, -0.2) is 19.2 Å². The Hall–Kier alpha value is -2.72. The van der Waals surface area contributed by atoms with Crippen LogP contribution in [0.5, 0.6) is 0 Å². The second kappa shape index (κ2) is 5.95. The van der Waals surface area contributed by atoms with Crippen LogP contribution in [0.3, 0.4) is 0 Å². The van der Waals surface area contributed by atoms with Crippen molar-refractivity contribution in [2.45, 2.75) is 0 Å². The first-order chi connectivity index (χ1) is 9.52. The van der Waals surface area contributed by atoms with Crippen LogP contribution in [-0.4, -0.2) is 47.4 Å². The molecule has 0 aromatic rings. The van der Waals surface area contributed by atoms with Crippen LogP contribution in [0.4, 0.5) is 0 Å². The smallest absolute Gasteiger partial charge is 0.329 e. The summed E-state index contributed by atoms with van der Waals surface area (Å²) in [5, 5.41) is 1.15. The SMILES string of the molecule is O=C1C=CC(=O)ON2CCN(O1)OC(=O)C=CC(=O)O2. The Morgan fingerprint density at radius 1 is 0.600 bits per heavy atom. The summed E-state index contributed by atoms with van der Waals surface area (Å²) in [5.74, 6) is -3.77. The van der Waals surface area contributed by atoms with Gasteiger partial charge in [-0.05, 0) is 0 Å². The third-order valence-electron chi connectivity index (χ3n) is 1.94. The number of rotatable bonds is 0. The quantitative estimate of drug-likeness (QED) is 0.524. The number of hydrogen-bond donors (Lipinski definition) is 0. The van der Waals surface area contributed by atoms with Crippen molar-refractivity contribution in [1.82, 2.24) is 10.5 Å². The Labute approximate surface area is 111 Å². The molecule has 0 fully saturated rings. The Balaban J connectivity index is 2.26. The highest BCUT2D eigenvalue weighted by atomic mass is 17.0. The maximum atomic E-state index is 11.3. The van der Waals surface area contributed by atoms with Crippen LogP contribution in [0.1, 0.15) is 0 Å². The second-order valence-electron chi connectivity index (χ2n) is 3.42. The van der Waals surface area contributed by atoms with E-state index in [-0.39, 0.29) is 13.1 Å². The van der Waals surface area contributed by atoms with Crippen molar-refractivity contribution in [3.05, 3.63) is 24.3 Å². The van der Waals surface area contributed by atoms with Gasteiger partial charge in [0.1, 0.15) is 0 Å². The van der Waals surface area contributed by atoms with Gasteiger partial charge in [-0.3, -0.25) is 0 Å². The van der Waals surface area contributed by atoms with Crippen molar-refractivity contribution in [1.29, 1.82) is 0 Å². The topological polar surface area (TPSA) is 112 Å². The lowest BCUT2D eigenvalue weighted by Gasteiger charge is -2.23. The molecule has 2 aliphatic rings. The van der Waals surface area contributed by atoms with Crippen molar-refractivity contribution < 1.29 is 38.5 Å². The van der Waals surface area contributed by atoms with E-state index in [2.05, 4.69) is 19.4 Å². The van der Waals surface area contributed by atoms with Gasteiger partial charge < -0.3 is 19.4 Å². The van der Waals surface area contributed by atoms with E-state index < -0.39 is 23.9 Å². The molecule has 0 aliphatic carbocycles. The van der Waals surface area contributed by atoms with Gasteiger partial charge >= 0.3 is 23.9 Å². The zero-order chi connectivity index (χ0) is 14.5. The fourth-order valence-corrected chi connectivity index (χ4v) is 1.18. The molecule has 2 heterocycles. The van der Waals surface area contributed by atoms with E-state index in [9.17, 15) is 19.2 Å². The molecule has 0 N–H and O–H groups in total. The number of carbonyl (C=O) groups is 4. The summed E-state index contributed by atoms with van der Waals surface area (Å²) in [7, 11) is 0. The predicted octanol–water partition coefficient (Wildman–Crippen LogP) is -1.44. The molecule has 0 aromatic heterocycles. The number of fused-ring (bicyclic) bond motifs is 3. The second-order valence-corrected chi connectivity index (χ2v) is 3.42. The molecule has 0 saturated heterocycles. The molecule has 0 unspecified atom stereocenters. The first kappa shape index (κ1) is 13.7. The summed E-state index contributed by atoms with van der Waals surface area (Å²) in [6.45, 7) is -0.445. The van der Waals surface area contributed by atoms with Crippen molar-refractivity contribution in [2.24, 2.45) is 0 Å². The molecule has 20 heavy (non-hydrogen) atoms. The third kappa shape index (κ3) is 3.90. The van der Waals surface area contributed by atoms with Gasteiger partial charge in [-0.2, -0.15) is 0 Å². The lowest BCUT2D eigenvalue weighted by atomic mass is 10.5. The van der Waals surface area contributed by atoms with Crippen LogP contribution in [0.15, 0.2) is 24.3 Å². The molecule has 10 heteroatoms. The fraction of sp³-hybridized carbons (Fsp3) is 0.200. The van der Waals surface area contributed by atoms with E-state index in [0.717, 1.165) is 24.3 Å². The summed E-state index contributed by atoms with van der Waals surface area (Å²) in [6, 6.07) is 0. The van der Waals surface area contributed by atoms with E-state index in [1.165, 1.54) is 0 Å². The molecular weight excluding hydrogens is 276 g/mol. The predicted molar refractivity (Wildman–Crippen MR) is 56.1 cm³/mol. The van der Waals surface area contributed by atoms with Crippen LogP contribution in [-0.2, 0) is 38.5 Å². The van der Waals surface area contributed by atoms with E-state index >= 15 is 0 Å². The molecule has 2 rings (SSSR count). The summed E-state index contributed by atoms with van der Waals surface area (Å²) >= 11 is 0. The van der Waals surface area contributed by atoms with Crippen LogP contribution in [0.2, 0.25) is 0 Å². The Kier molecular flexibility index (Phi) is 4.08. The monoisotopic (exact) mass is 284 g/mol. The summed E-state index contributed by atoms with van der Waals surface area (Å²) in [4.78, 5) is 63.7. The molecule has 0 radical (unpaired) electrons. The van der Waals surface area contributed by atoms with Gasteiger partial charge in [-0.1, -0.05) is 0 Å². The minimum absolute atomic E-state index is 0.223. The van der Waals surface area contributed by atoms with Crippen molar-refractivity contribution >= 4 is 23.9 Å². The molecule has 0 amide bonds. The molecule has 106 valence electrons. The highest BCUT2D eigenvalue weighted by Gasteiger charge is 2.24. The standard InChI is InChI=1S/C10H8N2O8/c13-7-1-2-8(14)18-12-6-5-11(17-7)19-9(15)3-4-10(16)20-12/h1-4H,5-6H2. The Morgan fingerprint density at radius 2 is 0.850 bits per heavy atom. The average molecular weight is 284 g/mol. The number of hydrogen-bond acceptors (Lipinski definition) is 10. The van der Waals surface area contributed by atoms with Crippen LogP contribution in [0.25, 0.3) is 0 Å². The number of carbonyl (C=O) groups excluding carboxylic acids is 4. The molecule has 2 aliphatic heterocycles. The lowest BCUT2D eigenvalue weighted by Crippen LogP contribution is -2.40. The number of hydroxylamine groups is 4. The lowest BCUT2D eigenvalue weighted by molar-refractivity contribution is -0.353. The highest BCUT2D eigenvalue weighted by molar-refractivity contribution is 5.92. The van der Waals surface area contributed by atoms with Gasteiger partial charge in [-0.15, -0.1) is 0 Å². The molecule has 0 atom stereocenters. The molecule has 0 aromatic carbocycles. The molecular formula is C10H8N2O8. The minimum Gasteiger partial charge on any atom is -0.329 e. The zero-order valence-electron chi connectivity index (χ0n) is 9.88. The summed E-state index contributed by atoms with van der Waals surface area (Å²) < 4.78 is 0. The van der Waals surface area contributed by atoms with Crippen LogP contribution < -0.4 is 0 Å². The van der Waals surface area contributed by atoms with Crippen molar-refractivity contribution in [3.8, 4) is 0 Å². The minimum atomic E-state index is -0.943. The van der Waals surface area contributed by atoms with Gasteiger partial charge in [0, 0.05) is 34.8 Å². The maximum absolute atomic E-state index is 11.3. The molecule has 10 nitrogen and oxygen atoms in total. The average Bonchev–Trinajstić information content (AvgIpc) is 2.39. The number of nitrogens with zero attached hydrogens (tertiary/aromatic N) is 2. The van der Waals surface area contributed by atoms with Gasteiger partial charge in [0.15, 0.2) is 0 Å². The first-order valence-corrected chi connectivity index (χ1v) is 5.32. The molecule has 0 spiro atoms. The summed E-state index contributed by atoms with van der Waals surface area (Å²) in [6.07, 6.45) is 3.04. The van der Waals surface area contributed by atoms with Gasteiger partial charge in [0.05, 0.1) is 13.1 Å². The van der Waals surface area contributed by atoms with E-state index in [0.29, 0.717) is 10.5 Å².